The van der Waals surface area contributed by atoms with Crippen LogP contribution in [0, 0.1) is 37.0 Å². The summed E-state index contributed by atoms with van der Waals surface area (Å²) in [6.07, 6.45) is 3.88. The molecule has 1 aliphatic rings. The Hall–Kier alpha value is -2.42. The van der Waals surface area contributed by atoms with Crippen LogP contribution in [0.5, 0.6) is 0 Å². The number of aryl methyl sites for hydroxylation is 2. The van der Waals surface area contributed by atoms with Gasteiger partial charge in [0.15, 0.2) is 5.65 Å². The fraction of sp³-hybridized carbons (Fsp3) is 0.579. The molecule has 0 unspecified atom stereocenters. The van der Waals surface area contributed by atoms with Gasteiger partial charge >= 0.3 is 0 Å². The molecule has 6 nitrogen and oxygen atoms in total. The summed E-state index contributed by atoms with van der Waals surface area (Å²) in [7, 11) is 0. The fourth-order valence-electron chi connectivity index (χ4n) is 4.01. The van der Waals surface area contributed by atoms with E-state index < -0.39 is 0 Å². The zero-order valence-corrected chi connectivity index (χ0v) is 15.4. The van der Waals surface area contributed by atoms with Crippen molar-refractivity contribution in [2.45, 2.75) is 47.0 Å². The number of carbonyl (C=O) groups is 1. The summed E-state index contributed by atoms with van der Waals surface area (Å²) >= 11 is 0. The minimum atomic E-state index is 0.218. The van der Waals surface area contributed by atoms with Crippen molar-refractivity contribution >= 4 is 11.6 Å². The first-order valence-electron chi connectivity index (χ1n) is 8.92. The van der Waals surface area contributed by atoms with Gasteiger partial charge in [0, 0.05) is 30.9 Å². The van der Waals surface area contributed by atoms with Crippen LogP contribution in [-0.4, -0.2) is 38.5 Å². The third kappa shape index (κ3) is 3.37. The van der Waals surface area contributed by atoms with Crippen molar-refractivity contribution < 1.29 is 4.79 Å². The second-order valence-corrected chi connectivity index (χ2v) is 7.41. The van der Waals surface area contributed by atoms with Crippen LogP contribution in [0.2, 0.25) is 0 Å². The summed E-state index contributed by atoms with van der Waals surface area (Å²) in [6, 6.07) is 2.12. The maximum Gasteiger partial charge on any atom is 0.222 e. The van der Waals surface area contributed by atoms with Crippen LogP contribution in [0.4, 0.5) is 0 Å². The van der Waals surface area contributed by atoms with Gasteiger partial charge in [0.05, 0.1) is 6.20 Å². The predicted octanol–water partition coefficient (Wildman–Crippen LogP) is 2.65. The smallest absolute Gasteiger partial charge is 0.222 e. The Morgan fingerprint density at radius 1 is 1.32 bits per heavy atom. The highest BCUT2D eigenvalue weighted by molar-refractivity contribution is 5.76. The maximum atomic E-state index is 12.6. The Labute approximate surface area is 148 Å². The molecule has 3 heterocycles. The molecule has 0 radical (unpaired) electrons. The lowest BCUT2D eigenvalue weighted by Gasteiger charge is -2.35. The molecular weight excluding hydrogens is 314 g/mol. The molecule has 6 heteroatoms. The number of hydrogen-bond donors (Lipinski definition) is 0. The summed E-state index contributed by atoms with van der Waals surface area (Å²) in [6.45, 7) is 10.1. The van der Waals surface area contributed by atoms with Gasteiger partial charge in [-0.3, -0.25) is 4.79 Å². The molecule has 1 amide bonds. The van der Waals surface area contributed by atoms with Gasteiger partial charge in [-0.25, -0.2) is 9.50 Å². The van der Waals surface area contributed by atoms with E-state index in [1.807, 2.05) is 18.7 Å². The molecule has 25 heavy (non-hydrogen) atoms. The van der Waals surface area contributed by atoms with Crippen LogP contribution in [0.1, 0.15) is 49.2 Å². The van der Waals surface area contributed by atoms with Crippen molar-refractivity contribution in [3.8, 4) is 6.07 Å². The quantitative estimate of drug-likeness (QED) is 0.861. The van der Waals surface area contributed by atoms with Crippen LogP contribution >= 0.6 is 0 Å². The van der Waals surface area contributed by atoms with Gasteiger partial charge in [0.2, 0.25) is 5.91 Å². The summed E-state index contributed by atoms with van der Waals surface area (Å²) in [5, 5.41) is 13.4. The molecule has 2 aromatic rings. The van der Waals surface area contributed by atoms with Gasteiger partial charge in [-0.1, -0.05) is 13.8 Å². The molecule has 1 fully saturated rings. The van der Waals surface area contributed by atoms with Gasteiger partial charge in [-0.05, 0) is 44.1 Å². The van der Waals surface area contributed by atoms with Gasteiger partial charge < -0.3 is 4.90 Å². The minimum absolute atomic E-state index is 0.218. The van der Waals surface area contributed by atoms with Crippen molar-refractivity contribution in [3.63, 3.8) is 0 Å². The van der Waals surface area contributed by atoms with Crippen molar-refractivity contribution in [1.82, 2.24) is 19.5 Å². The van der Waals surface area contributed by atoms with E-state index in [-0.39, 0.29) is 5.91 Å². The molecule has 0 aliphatic carbocycles. The van der Waals surface area contributed by atoms with Crippen LogP contribution in [0.25, 0.3) is 5.65 Å². The van der Waals surface area contributed by atoms with E-state index >= 15 is 0 Å². The Kier molecular flexibility index (Phi) is 4.76. The summed E-state index contributed by atoms with van der Waals surface area (Å²) < 4.78 is 1.70. The maximum absolute atomic E-state index is 12.6. The molecular formula is C19H25N5O. The zero-order valence-electron chi connectivity index (χ0n) is 15.4. The van der Waals surface area contributed by atoms with E-state index in [1.54, 1.807) is 10.7 Å². The number of nitriles is 1. The number of piperidine rings is 1. The molecule has 0 aromatic carbocycles. The third-order valence-electron chi connectivity index (χ3n) is 5.14. The van der Waals surface area contributed by atoms with E-state index in [0.29, 0.717) is 35.9 Å². The van der Waals surface area contributed by atoms with Crippen LogP contribution in [-0.2, 0) is 11.2 Å². The molecule has 1 saturated heterocycles. The second kappa shape index (κ2) is 6.83. The second-order valence-electron chi connectivity index (χ2n) is 7.41. The van der Waals surface area contributed by atoms with Gasteiger partial charge in [0.1, 0.15) is 11.6 Å². The molecule has 3 rings (SSSR count). The number of rotatable bonds is 3. The monoisotopic (exact) mass is 339 g/mol. The number of nitrogens with zero attached hydrogens (tertiary/aromatic N) is 5. The van der Waals surface area contributed by atoms with Gasteiger partial charge in [-0.15, -0.1) is 0 Å². The Morgan fingerprint density at radius 2 is 2.00 bits per heavy atom. The lowest BCUT2D eigenvalue weighted by atomic mass is 9.91. The normalized spacial score (nSPS) is 20.7. The molecule has 0 bridgehead atoms. The average Bonchev–Trinajstić information content (AvgIpc) is 2.96. The number of likely N-dealkylation sites (tertiary alicyclic amines) is 1. The molecule has 2 atom stereocenters. The lowest BCUT2D eigenvalue weighted by molar-refractivity contribution is -0.133. The average molecular weight is 339 g/mol. The standard InChI is InChI=1S/C19H25N5O/c1-12-7-13(2)11-23(10-12)18(25)6-5-17-14(3)22-19-16(8-20)9-21-24(19)15(17)4/h9,12-13H,5-7,10-11H2,1-4H3/t12-,13+. The number of amides is 1. The molecule has 132 valence electrons. The topological polar surface area (TPSA) is 74.3 Å². The highest BCUT2D eigenvalue weighted by atomic mass is 16.2. The van der Waals surface area contributed by atoms with Gasteiger partial charge in [-0.2, -0.15) is 10.4 Å². The fourth-order valence-corrected chi connectivity index (χ4v) is 4.01. The third-order valence-corrected chi connectivity index (χ3v) is 5.14. The number of carbonyl (C=O) groups excluding carboxylic acids is 1. The van der Waals surface area contributed by atoms with E-state index in [9.17, 15) is 4.79 Å². The van der Waals surface area contributed by atoms with Crippen LogP contribution in [0.15, 0.2) is 6.20 Å². The summed E-state index contributed by atoms with van der Waals surface area (Å²) in [5.74, 6) is 1.36. The highest BCUT2D eigenvalue weighted by Gasteiger charge is 2.25. The summed E-state index contributed by atoms with van der Waals surface area (Å²) in [5.41, 5.74) is 3.94. The van der Waals surface area contributed by atoms with Crippen molar-refractivity contribution in [3.05, 3.63) is 28.7 Å². The molecule has 1 aliphatic heterocycles. The van der Waals surface area contributed by atoms with Gasteiger partial charge in [0.25, 0.3) is 0 Å². The van der Waals surface area contributed by atoms with Crippen LogP contribution in [0.3, 0.4) is 0 Å². The molecule has 0 spiro atoms. The Bertz CT molecular complexity index is 838. The molecule has 0 saturated carbocycles. The number of hydrogen-bond acceptors (Lipinski definition) is 4. The predicted molar refractivity (Wildman–Crippen MR) is 95.0 cm³/mol. The van der Waals surface area contributed by atoms with Crippen molar-refractivity contribution in [2.24, 2.45) is 11.8 Å². The molecule has 2 aromatic heterocycles. The van der Waals surface area contributed by atoms with Crippen molar-refractivity contribution in [2.75, 3.05) is 13.1 Å². The SMILES string of the molecule is Cc1nc2c(C#N)cnn2c(C)c1CCC(=O)N1C[C@H](C)C[C@H](C)C1. The first-order valence-corrected chi connectivity index (χ1v) is 8.92. The number of aromatic nitrogens is 3. The Balaban J connectivity index is 1.77. The highest BCUT2D eigenvalue weighted by Crippen LogP contribution is 2.23. The van der Waals surface area contributed by atoms with E-state index in [1.165, 1.54) is 6.42 Å². The number of fused-ring (bicyclic) bond motifs is 1. The van der Waals surface area contributed by atoms with Crippen molar-refractivity contribution in [1.29, 1.82) is 5.26 Å². The zero-order chi connectivity index (χ0) is 18.1. The van der Waals surface area contributed by atoms with Crippen LogP contribution < -0.4 is 0 Å². The minimum Gasteiger partial charge on any atom is -0.342 e. The van der Waals surface area contributed by atoms with E-state index in [0.717, 1.165) is 30.0 Å². The molecule has 0 N–H and O–H groups in total. The van der Waals surface area contributed by atoms with E-state index in [4.69, 9.17) is 5.26 Å². The van der Waals surface area contributed by atoms with E-state index in [2.05, 4.69) is 30.0 Å². The lowest BCUT2D eigenvalue weighted by Crippen LogP contribution is -2.42. The first-order chi connectivity index (χ1) is 11.9. The summed E-state index contributed by atoms with van der Waals surface area (Å²) in [4.78, 5) is 19.2. The first kappa shape index (κ1) is 17.4. The largest absolute Gasteiger partial charge is 0.342 e. The Morgan fingerprint density at radius 3 is 2.64 bits per heavy atom.